The van der Waals surface area contributed by atoms with E-state index in [4.69, 9.17) is 9.47 Å². The van der Waals surface area contributed by atoms with Crippen molar-refractivity contribution in [3.63, 3.8) is 0 Å². The molecule has 0 radical (unpaired) electrons. The maximum Gasteiger partial charge on any atom is 0.252 e. The monoisotopic (exact) mass is 506 g/mol. The minimum absolute atomic E-state index is 0.253. The second-order valence-electron chi connectivity index (χ2n) is 8.07. The number of halogens is 1. The van der Waals surface area contributed by atoms with E-state index in [1.165, 1.54) is 24.9 Å². The number of benzene rings is 3. The Kier molecular flexibility index (Phi) is 8.22. The van der Waals surface area contributed by atoms with Crippen molar-refractivity contribution in [2.45, 2.75) is 23.4 Å². The molecular weight excluding hydrogens is 479 g/mol. The van der Waals surface area contributed by atoms with Crippen molar-refractivity contribution >= 4 is 17.7 Å². The summed E-state index contributed by atoms with van der Waals surface area (Å²) in [5.74, 6) is 1.50. The largest absolute Gasteiger partial charge is 0.493 e. The van der Waals surface area contributed by atoms with E-state index in [1.807, 2.05) is 41.9 Å². The molecule has 0 bridgehead atoms. The number of hydrogen-bond acceptors (Lipinski definition) is 6. The SMILES string of the molecule is COc1ccc(C(=O)N[C@H](Cc2ccccc2)c2nnc(SCc3ccccc3F)n2C)cc1OC. The van der Waals surface area contributed by atoms with Gasteiger partial charge in [-0.25, -0.2) is 4.39 Å². The number of ether oxygens (including phenoxy) is 2. The van der Waals surface area contributed by atoms with Crippen LogP contribution in [0.1, 0.15) is 33.4 Å². The van der Waals surface area contributed by atoms with Gasteiger partial charge in [-0.15, -0.1) is 10.2 Å². The van der Waals surface area contributed by atoms with Crippen molar-refractivity contribution < 1.29 is 18.7 Å². The predicted molar refractivity (Wildman–Crippen MR) is 137 cm³/mol. The molecule has 0 spiro atoms. The molecule has 186 valence electrons. The highest BCUT2D eigenvalue weighted by Gasteiger charge is 2.24. The summed E-state index contributed by atoms with van der Waals surface area (Å²) in [6, 6.07) is 21.1. The maximum atomic E-state index is 14.1. The van der Waals surface area contributed by atoms with Gasteiger partial charge in [0.15, 0.2) is 22.5 Å². The van der Waals surface area contributed by atoms with Crippen LogP contribution >= 0.6 is 11.8 Å². The number of hydrogen-bond donors (Lipinski definition) is 1. The van der Waals surface area contributed by atoms with Gasteiger partial charge >= 0.3 is 0 Å². The Balaban J connectivity index is 1.58. The average Bonchev–Trinajstić information content (AvgIpc) is 3.27. The second kappa shape index (κ2) is 11.7. The minimum atomic E-state index is -0.451. The van der Waals surface area contributed by atoms with Gasteiger partial charge in [-0.2, -0.15) is 0 Å². The molecular formula is C27H27FN4O3S. The topological polar surface area (TPSA) is 78.3 Å². The van der Waals surface area contributed by atoms with Crippen molar-refractivity contribution in [3.05, 3.63) is 101 Å². The molecule has 7 nitrogen and oxygen atoms in total. The van der Waals surface area contributed by atoms with Gasteiger partial charge in [0.25, 0.3) is 5.91 Å². The molecule has 36 heavy (non-hydrogen) atoms. The van der Waals surface area contributed by atoms with Crippen molar-refractivity contribution in [2.24, 2.45) is 7.05 Å². The Morgan fingerprint density at radius 1 is 1.00 bits per heavy atom. The molecule has 1 N–H and O–H groups in total. The molecule has 1 heterocycles. The number of rotatable bonds is 10. The van der Waals surface area contributed by atoms with Crippen LogP contribution in [0.15, 0.2) is 78.0 Å². The number of carbonyl (C=O) groups is 1. The lowest BCUT2D eigenvalue weighted by molar-refractivity contribution is 0.0933. The van der Waals surface area contributed by atoms with E-state index < -0.39 is 6.04 Å². The van der Waals surface area contributed by atoms with Crippen LogP contribution in [0.3, 0.4) is 0 Å². The Morgan fingerprint density at radius 3 is 2.44 bits per heavy atom. The predicted octanol–water partition coefficient (Wildman–Crippen LogP) is 4.98. The number of methoxy groups -OCH3 is 2. The number of nitrogens with one attached hydrogen (secondary N) is 1. The van der Waals surface area contributed by atoms with Crippen LogP contribution in [0.5, 0.6) is 11.5 Å². The van der Waals surface area contributed by atoms with E-state index in [0.717, 1.165) is 5.56 Å². The molecule has 0 aliphatic heterocycles. The molecule has 0 saturated carbocycles. The lowest BCUT2D eigenvalue weighted by Crippen LogP contribution is -2.32. The standard InChI is InChI=1S/C27H27FN4O3S/c1-32-25(30-31-27(32)36-17-20-11-7-8-12-21(20)28)22(15-18-9-5-4-6-10-18)29-26(33)19-13-14-23(34-2)24(16-19)35-3/h4-14,16,22H,15,17H2,1-3H3,(H,29,33)/t22-/m1/s1. The van der Waals surface area contributed by atoms with E-state index in [1.54, 1.807) is 43.5 Å². The molecule has 1 amide bonds. The summed E-state index contributed by atoms with van der Waals surface area (Å²) in [6.45, 7) is 0. The third-order valence-electron chi connectivity index (χ3n) is 5.73. The number of aromatic nitrogens is 3. The van der Waals surface area contributed by atoms with E-state index >= 15 is 0 Å². The summed E-state index contributed by atoms with van der Waals surface area (Å²) in [7, 11) is 4.92. The van der Waals surface area contributed by atoms with Crippen LogP contribution in [-0.2, 0) is 19.2 Å². The van der Waals surface area contributed by atoms with Crippen LogP contribution in [-0.4, -0.2) is 34.9 Å². The van der Waals surface area contributed by atoms with Gasteiger partial charge in [0.1, 0.15) is 5.82 Å². The quantitative estimate of drug-likeness (QED) is 0.306. The van der Waals surface area contributed by atoms with Crippen LogP contribution in [0, 0.1) is 5.82 Å². The lowest BCUT2D eigenvalue weighted by atomic mass is 10.0. The summed E-state index contributed by atoms with van der Waals surface area (Å²) in [4.78, 5) is 13.2. The van der Waals surface area contributed by atoms with Gasteiger partial charge < -0.3 is 19.4 Å². The van der Waals surface area contributed by atoms with E-state index in [9.17, 15) is 9.18 Å². The van der Waals surface area contributed by atoms with Gasteiger partial charge in [0, 0.05) is 18.4 Å². The zero-order chi connectivity index (χ0) is 25.5. The molecule has 0 unspecified atom stereocenters. The highest BCUT2D eigenvalue weighted by atomic mass is 32.2. The number of amides is 1. The third kappa shape index (κ3) is 5.85. The van der Waals surface area contributed by atoms with Crippen LogP contribution in [0.2, 0.25) is 0 Å². The Hall–Kier alpha value is -3.85. The Bertz CT molecular complexity index is 1330. The first-order valence-electron chi connectivity index (χ1n) is 11.3. The molecule has 1 atom stereocenters. The smallest absolute Gasteiger partial charge is 0.252 e. The van der Waals surface area contributed by atoms with Gasteiger partial charge in [0.2, 0.25) is 0 Å². The van der Waals surface area contributed by atoms with Crippen molar-refractivity contribution in [1.29, 1.82) is 0 Å². The molecule has 0 aliphatic rings. The summed E-state index contributed by atoms with van der Waals surface area (Å²) in [5, 5.41) is 12.4. The molecule has 0 fully saturated rings. The van der Waals surface area contributed by atoms with E-state index in [0.29, 0.717) is 45.8 Å². The summed E-state index contributed by atoms with van der Waals surface area (Å²) in [6.07, 6.45) is 0.518. The summed E-state index contributed by atoms with van der Waals surface area (Å²) < 4.78 is 26.5. The Labute approximate surface area is 213 Å². The van der Waals surface area contributed by atoms with E-state index in [2.05, 4.69) is 15.5 Å². The van der Waals surface area contributed by atoms with Crippen LogP contribution in [0.4, 0.5) is 4.39 Å². The van der Waals surface area contributed by atoms with Crippen LogP contribution in [0.25, 0.3) is 0 Å². The zero-order valence-electron chi connectivity index (χ0n) is 20.3. The zero-order valence-corrected chi connectivity index (χ0v) is 21.1. The molecule has 0 saturated heterocycles. The molecule has 1 aromatic heterocycles. The van der Waals surface area contributed by atoms with Gasteiger partial charge in [-0.1, -0.05) is 60.3 Å². The highest BCUT2D eigenvalue weighted by molar-refractivity contribution is 7.98. The van der Waals surface area contributed by atoms with Crippen molar-refractivity contribution in [3.8, 4) is 11.5 Å². The maximum absolute atomic E-state index is 14.1. The highest BCUT2D eigenvalue weighted by Crippen LogP contribution is 2.29. The van der Waals surface area contributed by atoms with Gasteiger partial charge in [0.05, 0.1) is 20.3 Å². The summed E-state index contributed by atoms with van der Waals surface area (Å²) in [5.41, 5.74) is 2.07. The molecule has 0 aliphatic carbocycles. The first kappa shape index (κ1) is 25.2. The average molecular weight is 507 g/mol. The Morgan fingerprint density at radius 2 is 1.72 bits per heavy atom. The molecule has 3 aromatic carbocycles. The molecule has 4 rings (SSSR count). The molecule has 4 aromatic rings. The number of carbonyl (C=O) groups excluding carboxylic acids is 1. The van der Waals surface area contributed by atoms with Crippen molar-refractivity contribution in [1.82, 2.24) is 20.1 Å². The van der Waals surface area contributed by atoms with Gasteiger partial charge in [-0.3, -0.25) is 4.79 Å². The third-order valence-corrected chi connectivity index (χ3v) is 6.80. The second-order valence-corrected chi connectivity index (χ2v) is 9.01. The normalized spacial score (nSPS) is 11.7. The fourth-order valence-electron chi connectivity index (χ4n) is 3.79. The minimum Gasteiger partial charge on any atom is -0.493 e. The summed E-state index contributed by atoms with van der Waals surface area (Å²) >= 11 is 1.39. The molecule has 9 heteroatoms. The fourth-order valence-corrected chi connectivity index (χ4v) is 4.69. The van der Waals surface area contributed by atoms with Crippen LogP contribution < -0.4 is 14.8 Å². The first-order valence-corrected chi connectivity index (χ1v) is 12.3. The number of thioether (sulfide) groups is 1. The lowest BCUT2D eigenvalue weighted by Gasteiger charge is -2.19. The first-order chi connectivity index (χ1) is 17.5. The number of nitrogens with zero attached hydrogens (tertiary/aromatic N) is 3. The van der Waals surface area contributed by atoms with Gasteiger partial charge in [-0.05, 0) is 41.8 Å². The fraction of sp³-hybridized carbons (Fsp3) is 0.222. The van der Waals surface area contributed by atoms with Crippen molar-refractivity contribution in [2.75, 3.05) is 14.2 Å². The van der Waals surface area contributed by atoms with E-state index in [-0.39, 0.29) is 11.7 Å².